The molecule has 1 aliphatic rings. The number of methoxy groups -OCH3 is 1. The Hall–Kier alpha value is -4.77. The van der Waals surface area contributed by atoms with Gasteiger partial charge in [-0.25, -0.2) is 13.2 Å². The van der Waals surface area contributed by atoms with E-state index in [9.17, 15) is 18.0 Å². The number of hydrogen-bond acceptors (Lipinski definition) is 7. The van der Waals surface area contributed by atoms with Gasteiger partial charge in [-0.3, -0.25) is 4.79 Å². The maximum absolute atomic E-state index is 14.1. The third-order valence-corrected chi connectivity index (χ3v) is 9.43. The van der Waals surface area contributed by atoms with Crippen LogP contribution in [0.5, 0.6) is 0 Å². The quantitative estimate of drug-likeness (QED) is 0.180. The molecule has 3 N–H and O–H groups in total. The summed E-state index contributed by atoms with van der Waals surface area (Å²) in [5, 5.41) is 9.32. The summed E-state index contributed by atoms with van der Waals surface area (Å²) in [5.74, 6) is -0.834. The Bertz CT molecular complexity index is 1760. The van der Waals surface area contributed by atoms with Gasteiger partial charge in [0, 0.05) is 31.0 Å². The lowest BCUT2D eigenvalue weighted by atomic mass is 9.84. The number of aryl methyl sites for hydroxylation is 1. The van der Waals surface area contributed by atoms with Gasteiger partial charge in [-0.05, 0) is 53.3 Å². The maximum Gasteiger partial charge on any atom is 0.407 e. The minimum Gasteiger partial charge on any atom is -0.453 e. The SMILES string of the molecule is COC(=O)N[C@H](C(=O)Nc1ccccc1CC[C@@H]1CNC[C@@H](/C=C/c2ccc(S(C)(=O)=O)cc2)O1)C(c1ccccc1)c1ccccc1. The summed E-state index contributed by atoms with van der Waals surface area (Å²) in [6.45, 7) is 1.36. The van der Waals surface area contributed by atoms with Crippen molar-refractivity contribution in [2.45, 2.75) is 41.9 Å². The van der Waals surface area contributed by atoms with E-state index >= 15 is 0 Å². The Labute approximate surface area is 282 Å². The number of sulfone groups is 1. The van der Waals surface area contributed by atoms with E-state index in [1.165, 1.54) is 13.4 Å². The number of carbonyl (C=O) groups is 2. The molecule has 250 valence electrons. The average molecular weight is 668 g/mol. The lowest BCUT2D eigenvalue weighted by molar-refractivity contribution is -0.118. The second kappa shape index (κ2) is 16.4. The Kier molecular flexibility index (Phi) is 11.8. The van der Waals surface area contributed by atoms with Crippen LogP contribution in [0.2, 0.25) is 0 Å². The fraction of sp³-hybridized carbons (Fsp3) is 0.263. The van der Waals surface area contributed by atoms with Gasteiger partial charge in [0.05, 0.1) is 24.2 Å². The molecule has 2 amide bonds. The summed E-state index contributed by atoms with van der Waals surface area (Å²) in [5.41, 5.74) is 4.26. The van der Waals surface area contributed by atoms with E-state index in [1.54, 1.807) is 24.3 Å². The molecule has 0 radical (unpaired) electrons. The summed E-state index contributed by atoms with van der Waals surface area (Å²) < 4.78 is 34.8. The molecule has 10 heteroatoms. The largest absolute Gasteiger partial charge is 0.453 e. The molecule has 9 nitrogen and oxygen atoms in total. The topological polar surface area (TPSA) is 123 Å². The van der Waals surface area contributed by atoms with Crippen LogP contribution in [-0.2, 0) is 30.5 Å². The first-order valence-corrected chi connectivity index (χ1v) is 17.8. The van der Waals surface area contributed by atoms with E-state index in [1.807, 2.05) is 97.1 Å². The van der Waals surface area contributed by atoms with E-state index in [-0.39, 0.29) is 23.0 Å². The van der Waals surface area contributed by atoms with Gasteiger partial charge in [0.2, 0.25) is 5.91 Å². The zero-order valence-corrected chi connectivity index (χ0v) is 27.9. The van der Waals surface area contributed by atoms with Gasteiger partial charge >= 0.3 is 6.09 Å². The molecule has 5 rings (SSSR count). The van der Waals surface area contributed by atoms with E-state index in [0.29, 0.717) is 31.6 Å². The molecule has 1 aliphatic heterocycles. The van der Waals surface area contributed by atoms with Crippen molar-refractivity contribution in [2.75, 3.05) is 31.8 Å². The van der Waals surface area contributed by atoms with Crippen LogP contribution in [0.4, 0.5) is 10.5 Å². The van der Waals surface area contributed by atoms with Gasteiger partial charge in [0.15, 0.2) is 9.84 Å². The monoisotopic (exact) mass is 667 g/mol. The van der Waals surface area contributed by atoms with Crippen LogP contribution in [0, 0.1) is 0 Å². The third kappa shape index (κ3) is 9.41. The predicted octanol–water partition coefficient (Wildman–Crippen LogP) is 5.59. The van der Waals surface area contributed by atoms with Crippen molar-refractivity contribution >= 4 is 33.6 Å². The van der Waals surface area contributed by atoms with Gasteiger partial charge in [0.1, 0.15) is 6.04 Å². The van der Waals surface area contributed by atoms with Crippen LogP contribution in [-0.4, -0.2) is 65.1 Å². The van der Waals surface area contributed by atoms with Crippen molar-refractivity contribution in [1.82, 2.24) is 10.6 Å². The predicted molar refractivity (Wildman–Crippen MR) is 188 cm³/mol. The van der Waals surface area contributed by atoms with E-state index in [2.05, 4.69) is 16.0 Å². The van der Waals surface area contributed by atoms with Crippen LogP contribution >= 0.6 is 0 Å². The van der Waals surface area contributed by atoms with E-state index in [4.69, 9.17) is 9.47 Å². The van der Waals surface area contributed by atoms with Crippen molar-refractivity contribution in [1.29, 1.82) is 0 Å². The highest BCUT2D eigenvalue weighted by Gasteiger charge is 2.33. The molecule has 1 fully saturated rings. The number of nitrogens with one attached hydrogen (secondary N) is 3. The van der Waals surface area contributed by atoms with Crippen molar-refractivity contribution in [2.24, 2.45) is 0 Å². The molecule has 4 aromatic rings. The summed E-state index contributed by atoms with van der Waals surface area (Å²) in [6.07, 6.45) is 5.58. The number of carbonyl (C=O) groups excluding carboxylic acids is 2. The van der Waals surface area contributed by atoms with Crippen LogP contribution in [0.15, 0.2) is 120 Å². The Morgan fingerprint density at radius 2 is 1.52 bits per heavy atom. The Morgan fingerprint density at radius 1 is 0.896 bits per heavy atom. The Morgan fingerprint density at radius 3 is 2.15 bits per heavy atom. The third-order valence-electron chi connectivity index (χ3n) is 8.30. The lowest BCUT2D eigenvalue weighted by Crippen LogP contribution is -2.48. The lowest BCUT2D eigenvalue weighted by Gasteiger charge is -2.30. The summed E-state index contributed by atoms with van der Waals surface area (Å²) in [4.78, 5) is 26.9. The first-order valence-electron chi connectivity index (χ1n) is 15.9. The number of alkyl carbamates (subject to hydrolysis) is 1. The van der Waals surface area contributed by atoms with Gasteiger partial charge in [-0.2, -0.15) is 0 Å². The van der Waals surface area contributed by atoms with Crippen LogP contribution in [0.1, 0.15) is 34.6 Å². The molecule has 0 spiro atoms. The van der Waals surface area contributed by atoms with Crippen molar-refractivity contribution in [3.05, 3.63) is 138 Å². The number of hydrogen-bond donors (Lipinski definition) is 3. The second-order valence-corrected chi connectivity index (χ2v) is 13.8. The number of anilines is 1. The van der Waals surface area contributed by atoms with E-state index in [0.717, 1.165) is 22.3 Å². The molecule has 1 heterocycles. The fourth-order valence-corrected chi connectivity index (χ4v) is 6.46. The van der Waals surface area contributed by atoms with Crippen LogP contribution in [0.3, 0.4) is 0 Å². The number of benzene rings is 4. The summed E-state index contributed by atoms with van der Waals surface area (Å²) in [7, 11) is -1.96. The molecule has 4 aromatic carbocycles. The Balaban J connectivity index is 1.27. The molecular weight excluding hydrogens is 627 g/mol. The summed E-state index contributed by atoms with van der Waals surface area (Å²) in [6, 6.07) is 32.7. The molecule has 0 bridgehead atoms. The molecule has 0 unspecified atom stereocenters. The molecule has 0 aromatic heterocycles. The number of morpholine rings is 1. The highest BCUT2D eigenvalue weighted by Crippen LogP contribution is 2.30. The highest BCUT2D eigenvalue weighted by molar-refractivity contribution is 7.90. The van der Waals surface area contributed by atoms with Gasteiger partial charge < -0.3 is 25.4 Å². The first-order chi connectivity index (χ1) is 23.2. The molecule has 0 saturated carbocycles. The fourth-order valence-electron chi connectivity index (χ4n) is 5.83. The molecule has 0 aliphatic carbocycles. The normalized spacial score (nSPS) is 17.1. The number of amides is 2. The number of ether oxygens (including phenoxy) is 2. The minimum absolute atomic E-state index is 0.0564. The number of rotatable bonds is 12. The van der Waals surface area contributed by atoms with Crippen molar-refractivity contribution < 1.29 is 27.5 Å². The zero-order valence-electron chi connectivity index (χ0n) is 27.0. The maximum atomic E-state index is 14.1. The van der Waals surface area contributed by atoms with Gasteiger partial charge in [0.25, 0.3) is 0 Å². The zero-order chi connectivity index (χ0) is 33.9. The van der Waals surface area contributed by atoms with Crippen LogP contribution in [0.25, 0.3) is 6.08 Å². The smallest absolute Gasteiger partial charge is 0.407 e. The second-order valence-electron chi connectivity index (χ2n) is 11.8. The minimum atomic E-state index is -3.24. The van der Waals surface area contributed by atoms with Crippen molar-refractivity contribution in [3.8, 4) is 0 Å². The molecular formula is C38H41N3O6S. The van der Waals surface area contributed by atoms with Gasteiger partial charge in [-0.1, -0.05) is 103 Å². The number of para-hydroxylation sites is 1. The van der Waals surface area contributed by atoms with Gasteiger partial charge in [-0.15, -0.1) is 0 Å². The summed E-state index contributed by atoms with van der Waals surface area (Å²) >= 11 is 0. The molecule has 3 atom stereocenters. The van der Waals surface area contributed by atoms with Crippen LogP contribution < -0.4 is 16.0 Å². The molecule has 48 heavy (non-hydrogen) atoms. The average Bonchev–Trinajstić information content (AvgIpc) is 3.11. The first kappa shape index (κ1) is 34.6. The standard InChI is InChI=1S/C38H41N3O6S/c1-46-38(43)41-36(35(29-12-5-3-6-13-29)30-14-7-4-8-15-30)37(42)40-34-16-10-9-11-28(34)20-22-32-26-39-25-31(47-32)21-17-27-18-23-33(24-19-27)48(2,44)45/h3-19,21,23-24,31-32,35-36,39H,20,22,25-26H2,1-2H3,(H,40,42)(H,41,43)/b21-17+/t31-,32-,36+/m1/s1. The highest BCUT2D eigenvalue weighted by atomic mass is 32.2. The molecule has 1 saturated heterocycles. The van der Waals surface area contributed by atoms with E-state index < -0.39 is 27.9 Å². The van der Waals surface area contributed by atoms with Crippen molar-refractivity contribution in [3.63, 3.8) is 0 Å².